The van der Waals surface area contributed by atoms with Gasteiger partial charge in [0.15, 0.2) is 0 Å². The molecule has 7 heteroatoms. The lowest BCUT2D eigenvalue weighted by Crippen LogP contribution is -2.38. The first-order chi connectivity index (χ1) is 19.1. The zero-order chi connectivity index (χ0) is 26.9. The van der Waals surface area contributed by atoms with Crippen LogP contribution in [-0.2, 0) is 13.0 Å². The van der Waals surface area contributed by atoms with Crippen molar-refractivity contribution in [2.24, 2.45) is 0 Å². The maximum atomic E-state index is 14.2. The molecular formula is C32H31N5O2. The fourth-order valence-electron chi connectivity index (χ4n) is 5.41. The van der Waals surface area contributed by atoms with Gasteiger partial charge in [-0.3, -0.25) is 0 Å². The molecule has 7 nitrogen and oxygen atoms in total. The molecule has 0 aliphatic carbocycles. The molecule has 0 saturated heterocycles. The van der Waals surface area contributed by atoms with Gasteiger partial charge in [-0.05, 0) is 66.9 Å². The largest absolute Gasteiger partial charge is 0.497 e. The smallest absolute Gasteiger partial charge is 0.322 e. The number of anilines is 1. The zero-order valence-corrected chi connectivity index (χ0v) is 22.3. The van der Waals surface area contributed by atoms with Crippen molar-refractivity contribution < 1.29 is 9.53 Å². The van der Waals surface area contributed by atoms with Crippen molar-refractivity contribution in [2.45, 2.75) is 32.9 Å². The maximum absolute atomic E-state index is 14.2. The third kappa shape index (κ3) is 4.36. The normalized spacial score (nSPS) is 14.3. The van der Waals surface area contributed by atoms with Crippen LogP contribution in [0, 0.1) is 6.92 Å². The number of nitrogens with one attached hydrogen (secondary N) is 1. The van der Waals surface area contributed by atoms with Gasteiger partial charge in [0.1, 0.15) is 11.6 Å². The van der Waals surface area contributed by atoms with E-state index >= 15 is 0 Å². The lowest BCUT2D eigenvalue weighted by Gasteiger charge is -2.31. The Bertz CT molecular complexity index is 1640. The number of carbonyl (C=O) groups is 1. The summed E-state index contributed by atoms with van der Waals surface area (Å²) in [6.07, 6.45) is 2.81. The molecule has 0 spiro atoms. The minimum atomic E-state index is -0.361. The summed E-state index contributed by atoms with van der Waals surface area (Å²) in [6, 6.07) is 29.5. The van der Waals surface area contributed by atoms with Crippen LogP contribution in [0.5, 0.6) is 5.75 Å². The van der Waals surface area contributed by atoms with E-state index in [9.17, 15) is 4.79 Å². The minimum Gasteiger partial charge on any atom is -0.497 e. The predicted molar refractivity (Wildman–Crippen MR) is 153 cm³/mol. The highest BCUT2D eigenvalue weighted by Gasteiger charge is 2.36. The Morgan fingerprint density at radius 3 is 2.56 bits per heavy atom. The summed E-state index contributed by atoms with van der Waals surface area (Å²) in [5.74, 6) is 1.70. The summed E-state index contributed by atoms with van der Waals surface area (Å²) in [4.78, 5) is 16.1. The van der Waals surface area contributed by atoms with Crippen molar-refractivity contribution in [3.05, 3.63) is 125 Å². The maximum Gasteiger partial charge on any atom is 0.322 e. The monoisotopic (exact) mass is 517 g/mol. The van der Waals surface area contributed by atoms with Gasteiger partial charge in [0, 0.05) is 17.4 Å². The standard InChI is InChI=1S/C32H31N5O2/c1-4-27-26-21-36(32(38)33-28-17-9-8-12-22(28)2)30(23-13-10-16-25(20-23)39-3)29-18-11-19-35(29)31(26)37(34-27)24-14-6-5-7-15-24/h5-20,30H,4,21H2,1-3H3,(H,33,38)/t30-/m0/s1. The first-order valence-corrected chi connectivity index (χ1v) is 13.2. The summed E-state index contributed by atoms with van der Waals surface area (Å²) >= 11 is 0. The Morgan fingerprint density at radius 2 is 1.79 bits per heavy atom. The highest BCUT2D eigenvalue weighted by Crippen LogP contribution is 2.39. The highest BCUT2D eigenvalue weighted by molar-refractivity contribution is 5.91. The van der Waals surface area contributed by atoms with Gasteiger partial charge in [-0.1, -0.05) is 55.5 Å². The van der Waals surface area contributed by atoms with Gasteiger partial charge < -0.3 is 19.5 Å². The van der Waals surface area contributed by atoms with Crippen LogP contribution in [0.4, 0.5) is 10.5 Å². The van der Waals surface area contributed by atoms with Crippen molar-refractivity contribution in [2.75, 3.05) is 12.4 Å². The number of amides is 2. The third-order valence-electron chi connectivity index (χ3n) is 7.36. The molecule has 0 fully saturated rings. The summed E-state index contributed by atoms with van der Waals surface area (Å²) in [5, 5.41) is 8.22. The van der Waals surface area contributed by atoms with Crippen molar-refractivity contribution in [1.29, 1.82) is 0 Å². The SMILES string of the molecule is CCc1nn(-c2ccccc2)c2c1CN(C(=O)Nc1ccccc1C)[C@@H](c1cccc(OC)c1)c1cccn1-2. The first-order valence-electron chi connectivity index (χ1n) is 13.2. The molecule has 2 aromatic heterocycles. The summed E-state index contributed by atoms with van der Waals surface area (Å²) in [7, 11) is 1.66. The Labute approximate surface area is 228 Å². The van der Waals surface area contributed by atoms with E-state index in [0.717, 1.165) is 57.4 Å². The van der Waals surface area contributed by atoms with Gasteiger partial charge in [0.25, 0.3) is 0 Å². The van der Waals surface area contributed by atoms with Gasteiger partial charge in [0.2, 0.25) is 0 Å². The van der Waals surface area contributed by atoms with Crippen molar-refractivity contribution in [1.82, 2.24) is 19.2 Å². The number of benzene rings is 3. The van der Waals surface area contributed by atoms with Crippen LogP contribution in [0.25, 0.3) is 11.5 Å². The number of aryl methyl sites for hydroxylation is 2. The zero-order valence-electron chi connectivity index (χ0n) is 22.3. The van der Waals surface area contributed by atoms with Gasteiger partial charge in [0.05, 0.1) is 36.8 Å². The van der Waals surface area contributed by atoms with Crippen molar-refractivity contribution in [3.63, 3.8) is 0 Å². The Kier molecular flexibility index (Phi) is 6.40. The minimum absolute atomic E-state index is 0.174. The van der Waals surface area contributed by atoms with Crippen LogP contribution in [0.1, 0.15) is 41.0 Å². The molecule has 1 aliphatic rings. The average molecular weight is 518 g/mol. The molecule has 2 amide bonds. The first kappa shape index (κ1) is 24.6. The number of fused-ring (bicyclic) bond motifs is 3. The lowest BCUT2D eigenvalue weighted by molar-refractivity contribution is 0.194. The van der Waals surface area contributed by atoms with Crippen LogP contribution in [-0.4, -0.2) is 32.4 Å². The number of ether oxygens (including phenoxy) is 1. The molecule has 1 aliphatic heterocycles. The lowest BCUT2D eigenvalue weighted by atomic mass is 10.0. The molecule has 3 heterocycles. The van der Waals surface area contributed by atoms with Crippen LogP contribution in [0.2, 0.25) is 0 Å². The number of methoxy groups -OCH3 is 1. The fourth-order valence-corrected chi connectivity index (χ4v) is 5.41. The molecule has 6 rings (SSSR count). The van der Waals surface area contributed by atoms with E-state index in [4.69, 9.17) is 9.84 Å². The molecule has 0 radical (unpaired) electrons. The van der Waals surface area contributed by atoms with Gasteiger partial charge in [-0.2, -0.15) is 5.10 Å². The van der Waals surface area contributed by atoms with Gasteiger partial charge >= 0.3 is 6.03 Å². The van der Waals surface area contributed by atoms with Gasteiger partial charge in [-0.25, -0.2) is 9.48 Å². The molecule has 1 N–H and O–H groups in total. The molecule has 3 aromatic carbocycles. The van der Waals surface area contributed by atoms with Crippen molar-refractivity contribution in [3.8, 4) is 17.3 Å². The van der Waals surface area contributed by atoms with Crippen molar-refractivity contribution >= 4 is 11.7 Å². The van der Waals surface area contributed by atoms with Gasteiger partial charge in [-0.15, -0.1) is 0 Å². The molecule has 0 saturated carbocycles. The number of rotatable bonds is 5. The molecule has 5 aromatic rings. The Hall–Kier alpha value is -4.78. The van der Waals surface area contributed by atoms with E-state index in [1.807, 2.05) is 83.2 Å². The number of hydrogen-bond acceptors (Lipinski definition) is 3. The number of para-hydroxylation sites is 2. The third-order valence-corrected chi connectivity index (χ3v) is 7.36. The van der Waals surface area contributed by atoms with E-state index in [0.29, 0.717) is 6.54 Å². The fraction of sp³-hybridized carbons (Fsp3) is 0.188. The number of aromatic nitrogens is 3. The molecule has 0 unspecified atom stereocenters. The summed E-state index contributed by atoms with van der Waals surface area (Å²) < 4.78 is 9.76. The molecule has 1 atom stereocenters. The van der Waals surface area contributed by atoms with Crippen LogP contribution in [0.15, 0.2) is 97.2 Å². The quantitative estimate of drug-likeness (QED) is 0.283. The summed E-state index contributed by atoms with van der Waals surface area (Å²) in [6.45, 7) is 4.50. The van der Waals surface area contributed by atoms with E-state index < -0.39 is 0 Å². The number of hydrogen-bond donors (Lipinski definition) is 1. The Balaban J connectivity index is 1.56. The number of nitrogens with zero attached hydrogens (tertiary/aromatic N) is 4. The number of urea groups is 1. The van der Waals surface area contributed by atoms with E-state index in [1.54, 1.807) is 7.11 Å². The second-order valence-corrected chi connectivity index (χ2v) is 9.70. The second-order valence-electron chi connectivity index (χ2n) is 9.70. The predicted octanol–water partition coefficient (Wildman–Crippen LogP) is 6.68. The van der Waals surface area contributed by atoms with Crippen LogP contribution >= 0.6 is 0 Å². The molecule has 196 valence electrons. The summed E-state index contributed by atoms with van der Waals surface area (Å²) in [5.41, 5.74) is 6.72. The average Bonchev–Trinajstić information content (AvgIpc) is 3.55. The number of carbonyl (C=O) groups excluding carboxylic acids is 1. The van der Waals surface area contributed by atoms with E-state index in [1.165, 1.54) is 0 Å². The van der Waals surface area contributed by atoms with E-state index in [2.05, 4.69) is 47.3 Å². The molecule has 39 heavy (non-hydrogen) atoms. The van der Waals surface area contributed by atoms with E-state index in [-0.39, 0.29) is 12.1 Å². The molecule has 0 bridgehead atoms. The highest BCUT2D eigenvalue weighted by atomic mass is 16.5. The van der Waals surface area contributed by atoms with Crippen LogP contribution < -0.4 is 10.1 Å². The molecular weight excluding hydrogens is 486 g/mol. The van der Waals surface area contributed by atoms with Crippen LogP contribution in [0.3, 0.4) is 0 Å². The second kappa shape index (κ2) is 10.2. The Morgan fingerprint density at radius 1 is 1.00 bits per heavy atom. The topological polar surface area (TPSA) is 64.3 Å².